The summed E-state index contributed by atoms with van der Waals surface area (Å²) in [6.07, 6.45) is 0.877. The predicted octanol–water partition coefficient (Wildman–Crippen LogP) is 2.78. The third kappa shape index (κ3) is 3.73. The van der Waals surface area contributed by atoms with E-state index in [9.17, 15) is 0 Å². The number of ether oxygens (including phenoxy) is 2. The van der Waals surface area contributed by atoms with Crippen LogP contribution in [0.1, 0.15) is 11.1 Å². The first-order valence-electron chi connectivity index (χ1n) is 6.37. The molecule has 2 N–H and O–H groups in total. The minimum atomic E-state index is 0.558. The van der Waals surface area contributed by atoms with Gasteiger partial charge in [0.05, 0.1) is 7.11 Å². The summed E-state index contributed by atoms with van der Waals surface area (Å²) in [5, 5.41) is 0. The highest BCUT2D eigenvalue weighted by Crippen LogP contribution is 2.19. The molecule has 0 unspecified atom stereocenters. The number of methoxy groups -OCH3 is 1. The number of hydrogen-bond acceptors (Lipinski definition) is 3. The molecule has 0 heterocycles. The van der Waals surface area contributed by atoms with Crippen LogP contribution in [-0.4, -0.2) is 13.7 Å². The maximum atomic E-state index is 5.78. The van der Waals surface area contributed by atoms with Crippen LogP contribution in [-0.2, 0) is 13.0 Å². The van der Waals surface area contributed by atoms with E-state index in [1.807, 2.05) is 36.4 Å². The monoisotopic (exact) mass is 257 g/mol. The number of hydrogen-bond donors (Lipinski definition) is 1. The van der Waals surface area contributed by atoms with E-state index in [0.717, 1.165) is 17.9 Å². The molecule has 0 saturated carbocycles. The minimum Gasteiger partial charge on any atom is -0.497 e. The second kappa shape index (κ2) is 6.81. The van der Waals surface area contributed by atoms with E-state index < -0.39 is 0 Å². The van der Waals surface area contributed by atoms with E-state index in [1.165, 1.54) is 11.1 Å². The van der Waals surface area contributed by atoms with Crippen LogP contribution in [0.15, 0.2) is 48.5 Å². The number of rotatable bonds is 6. The first-order valence-corrected chi connectivity index (χ1v) is 6.37. The van der Waals surface area contributed by atoms with Gasteiger partial charge in [-0.15, -0.1) is 0 Å². The summed E-state index contributed by atoms with van der Waals surface area (Å²) in [6, 6.07) is 15.8. The number of nitrogens with two attached hydrogens (primary N) is 1. The van der Waals surface area contributed by atoms with Crippen molar-refractivity contribution < 1.29 is 9.47 Å². The lowest BCUT2D eigenvalue weighted by Gasteiger charge is -2.11. The summed E-state index contributed by atoms with van der Waals surface area (Å²) in [4.78, 5) is 0. The Labute approximate surface area is 114 Å². The van der Waals surface area contributed by atoms with Crippen molar-refractivity contribution in [3.8, 4) is 11.5 Å². The highest BCUT2D eigenvalue weighted by atomic mass is 16.5. The van der Waals surface area contributed by atoms with Gasteiger partial charge in [-0.3, -0.25) is 0 Å². The first-order chi connectivity index (χ1) is 9.33. The fourth-order valence-electron chi connectivity index (χ4n) is 1.93. The fraction of sp³-hybridized carbons (Fsp3) is 0.250. The van der Waals surface area contributed by atoms with Crippen LogP contribution in [0, 0.1) is 0 Å². The molecule has 3 heteroatoms. The van der Waals surface area contributed by atoms with Gasteiger partial charge in [0, 0.05) is 0 Å². The van der Waals surface area contributed by atoms with Crippen LogP contribution in [0.2, 0.25) is 0 Å². The van der Waals surface area contributed by atoms with E-state index >= 15 is 0 Å². The van der Waals surface area contributed by atoms with Gasteiger partial charge in [-0.25, -0.2) is 0 Å². The fourth-order valence-corrected chi connectivity index (χ4v) is 1.93. The molecule has 0 radical (unpaired) electrons. The van der Waals surface area contributed by atoms with Gasteiger partial charge in [-0.2, -0.15) is 0 Å². The Morgan fingerprint density at radius 3 is 2.16 bits per heavy atom. The lowest BCUT2D eigenvalue weighted by atomic mass is 10.1. The molecule has 2 aromatic carbocycles. The average molecular weight is 257 g/mol. The van der Waals surface area contributed by atoms with Crippen molar-refractivity contribution in [3.63, 3.8) is 0 Å². The molecule has 0 aromatic heterocycles. The molecule has 0 amide bonds. The number of benzene rings is 2. The van der Waals surface area contributed by atoms with E-state index in [2.05, 4.69) is 12.1 Å². The average Bonchev–Trinajstić information content (AvgIpc) is 2.47. The highest BCUT2D eigenvalue weighted by Gasteiger charge is 2.02. The third-order valence-electron chi connectivity index (χ3n) is 2.99. The zero-order valence-corrected chi connectivity index (χ0v) is 11.1. The van der Waals surface area contributed by atoms with Crippen molar-refractivity contribution in [2.75, 3.05) is 13.7 Å². The molecule has 19 heavy (non-hydrogen) atoms. The maximum Gasteiger partial charge on any atom is 0.120 e. The van der Waals surface area contributed by atoms with Crippen LogP contribution >= 0.6 is 0 Å². The Kier molecular flexibility index (Phi) is 4.81. The van der Waals surface area contributed by atoms with Crippen LogP contribution in [0.25, 0.3) is 0 Å². The van der Waals surface area contributed by atoms with Crippen molar-refractivity contribution in [3.05, 3.63) is 59.7 Å². The van der Waals surface area contributed by atoms with Crippen molar-refractivity contribution >= 4 is 0 Å². The lowest BCUT2D eigenvalue weighted by molar-refractivity contribution is 0.304. The van der Waals surface area contributed by atoms with Gasteiger partial charge in [0.15, 0.2) is 0 Å². The molecule has 0 saturated heterocycles. The third-order valence-corrected chi connectivity index (χ3v) is 2.99. The summed E-state index contributed by atoms with van der Waals surface area (Å²) >= 11 is 0. The normalized spacial score (nSPS) is 10.2. The zero-order chi connectivity index (χ0) is 13.5. The molecule has 2 rings (SSSR count). The molecule has 0 aliphatic rings. The quantitative estimate of drug-likeness (QED) is 0.865. The van der Waals surface area contributed by atoms with Gasteiger partial charge >= 0.3 is 0 Å². The largest absolute Gasteiger partial charge is 0.497 e. The van der Waals surface area contributed by atoms with Crippen molar-refractivity contribution in [2.24, 2.45) is 5.73 Å². The second-order valence-electron chi connectivity index (χ2n) is 4.27. The summed E-state index contributed by atoms with van der Waals surface area (Å²) < 4.78 is 10.9. The lowest BCUT2D eigenvalue weighted by Crippen LogP contribution is -2.06. The molecule has 0 aliphatic heterocycles. The summed E-state index contributed by atoms with van der Waals surface area (Å²) in [7, 11) is 1.65. The summed E-state index contributed by atoms with van der Waals surface area (Å²) in [5.74, 6) is 1.67. The Balaban J connectivity index is 2.01. The van der Waals surface area contributed by atoms with Crippen molar-refractivity contribution in [1.82, 2.24) is 0 Å². The van der Waals surface area contributed by atoms with Gasteiger partial charge < -0.3 is 15.2 Å². The molecular formula is C16H19NO2. The van der Waals surface area contributed by atoms with E-state index in [0.29, 0.717) is 13.2 Å². The van der Waals surface area contributed by atoms with Gasteiger partial charge in [0.25, 0.3) is 0 Å². The topological polar surface area (TPSA) is 44.5 Å². The molecule has 0 spiro atoms. The minimum absolute atomic E-state index is 0.558. The smallest absolute Gasteiger partial charge is 0.120 e. The van der Waals surface area contributed by atoms with Crippen molar-refractivity contribution in [1.29, 1.82) is 0 Å². The van der Waals surface area contributed by atoms with Gasteiger partial charge in [-0.1, -0.05) is 24.3 Å². The molecule has 3 nitrogen and oxygen atoms in total. The maximum absolute atomic E-state index is 5.78. The molecule has 0 fully saturated rings. The summed E-state index contributed by atoms with van der Waals surface area (Å²) in [5.41, 5.74) is 8.05. The first kappa shape index (κ1) is 13.4. The van der Waals surface area contributed by atoms with Crippen molar-refractivity contribution in [2.45, 2.75) is 13.0 Å². The Morgan fingerprint density at radius 2 is 1.53 bits per heavy atom. The molecule has 100 valence electrons. The Hall–Kier alpha value is -2.00. The van der Waals surface area contributed by atoms with Crippen LogP contribution < -0.4 is 15.2 Å². The Bertz CT molecular complexity index is 508. The molecule has 0 atom stereocenters. The zero-order valence-electron chi connectivity index (χ0n) is 11.1. The van der Waals surface area contributed by atoms with Gasteiger partial charge in [-0.05, 0) is 48.4 Å². The second-order valence-corrected chi connectivity index (χ2v) is 4.27. The van der Waals surface area contributed by atoms with Crippen LogP contribution in [0.3, 0.4) is 0 Å². The molecule has 0 aliphatic carbocycles. The predicted molar refractivity (Wildman–Crippen MR) is 76.5 cm³/mol. The van der Waals surface area contributed by atoms with Crippen LogP contribution in [0.4, 0.5) is 0 Å². The summed E-state index contributed by atoms with van der Waals surface area (Å²) in [6.45, 7) is 1.21. The van der Waals surface area contributed by atoms with E-state index in [4.69, 9.17) is 15.2 Å². The standard InChI is InChI=1S/C16H19NO2/c1-18-15-6-8-16(9-7-15)19-12-14-5-3-2-4-13(14)10-11-17/h2-9H,10-12,17H2,1H3. The Morgan fingerprint density at radius 1 is 0.895 bits per heavy atom. The van der Waals surface area contributed by atoms with Crippen LogP contribution in [0.5, 0.6) is 11.5 Å². The molecule has 2 aromatic rings. The van der Waals surface area contributed by atoms with Gasteiger partial charge in [0.2, 0.25) is 0 Å². The van der Waals surface area contributed by atoms with E-state index in [-0.39, 0.29) is 0 Å². The van der Waals surface area contributed by atoms with Gasteiger partial charge in [0.1, 0.15) is 18.1 Å². The molecule has 0 bridgehead atoms. The van der Waals surface area contributed by atoms with E-state index in [1.54, 1.807) is 7.11 Å². The highest BCUT2D eigenvalue weighted by molar-refractivity contribution is 5.32. The SMILES string of the molecule is COc1ccc(OCc2ccccc2CCN)cc1. The molecular weight excluding hydrogens is 238 g/mol.